The standard InChI is InChI=1S/C15H21FN2O/c1-4-17-13-11(6-5-7-12(13)16)14(19)18-9-10-8-15(10,2)3/h5-7,10,17H,4,8-9H2,1-3H3,(H,18,19). The van der Waals surface area contributed by atoms with Gasteiger partial charge in [0.25, 0.3) is 5.91 Å². The van der Waals surface area contributed by atoms with Gasteiger partial charge in [0.05, 0.1) is 11.3 Å². The number of hydrogen-bond donors (Lipinski definition) is 2. The van der Waals surface area contributed by atoms with Crippen LogP contribution in [-0.4, -0.2) is 19.0 Å². The zero-order chi connectivity index (χ0) is 14.0. The molecule has 19 heavy (non-hydrogen) atoms. The van der Waals surface area contributed by atoms with Crippen molar-refractivity contribution in [2.45, 2.75) is 27.2 Å². The molecule has 0 aliphatic heterocycles. The first-order valence-corrected chi connectivity index (χ1v) is 6.76. The molecule has 0 bridgehead atoms. The molecule has 1 aliphatic carbocycles. The molecule has 3 nitrogen and oxygen atoms in total. The fourth-order valence-corrected chi connectivity index (χ4v) is 2.31. The number of benzene rings is 1. The molecule has 1 amide bonds. The SMILES string of the molecule is CCNc1c(F)cccc1C(=O)NCC1CC1(C)C. The van der Waals surface area contributed by atoms with Gasteiger partial charge in [-0.3, -0.25) is 4.79 Å². The van der Waals surface area contributed by atoms with E-state index in [4.69, 9.17) is 0 Å². The molecule has 4 heteroatoms. The molecule has 1 aromatic carbocycles. The highest BCUT2D eigenvalue weighted by Crippen LogP contribution is 2.51. The van der Waals surface area contributed by atoms with Gasteiger partial charge in [-0.05, 0) is 36.8 Å². The number of carbonyl (C=O) groups excluding carboxylic acids is 1. The van der Waals surface area contributed by atoms with Gasteiger partial charge in [0.1, 0.15) is 5.82 Å². The zero-order valence-electron chi connectivity index (χ0n) is 11.7. The summed E-state index contributed by atoms with van der Waals surface area (Å²) in [6.45, 7) is 7.50. The van der Waals surface area contributed by atoms with E-state index in [0.29, 0.717) is 30.0 Å². The molecule has 0 radical (unpaired) electrons. The molecule has 2 rings (SSSR count). The smallest absolute Gasteiger partial charge is 0.253 e. The average molecular weight is 264 g/mol. The van der Waals surface area contributed by atoms with Crippen molar-refractivity contribution in [2.24, 2.45) is 11.3 Å². The number of hydrogen-bond acceptors (Lipinski definition) is 2. The molecular formula is C15H21FN2O. The lowest BCUT2D eigenvalue weighted by atomic mass is 10.1. The number of para-hydroxylation sites is 1. The summed E-state index contributed by atoms with van der Waals surface area (Å²) in [6, 6.07) is 4.57. The third-order valence-corrected chi connectivity index (χ3v) is 3.84. The van der Waals surface area contributed by atoms with Crippen LogP contribution in [0, 0.1) is 17.2 Å². The Morgan fingerprint density at radius 2 is 2.16 bits per heavy atom. The highest BCUT2D eigenvalue weighted by atomic mass is 19.1. The van der Waals surface area contributed by atoms with Gasteiger partial charge in [-0.15, -0.1) is 0 Å². The molecule has 1 atom stereocenters. The molecule has 104 valence electrons. The van der Waals surface area contributed by atoms with E-state index in [1.807, 2.05) is 6.92 Å². The lowest BCUT2D eigenvalue weighted by Crippen LogP contribution is -2.27. The van der Waals surface area contributed by atoms with Crippen molar-refractivity contribution in [1.82, 2.24) is 5.32 Å². The molecule has 0 spiro atoms. The Kier molecular flexibility index (Phi) is 3.78. The van der Waals surface area contributed by atoms with E-state index >= 15 is 0 Å². The topological polar surface area (TPSA) is 41.1 Å². The Labute approximate surface area is 113 Å². The maximum Gasteiger partial charge on any atom is 0.253 e. The second-order valence-corrected chi connectivity index (χ2v) is 5.79. The quantitative estimate of drug-likeness (QED) is 0.858. The number of carbonyl (C=O) groups is 1. The van der Waals surface area contributed by atoms with E-state index in [1.165, 1.54) is 6.07 Å². The number of nitrogens with one attached hydrogen (secondary N) is 2. The summed E-state index contributed by atoms with van der Waals surface area (Å²) in [5.74, 6) is -0.0630. The summed E-state index contributed by atoms with van der Waals surface area (Å²) >= 11 is 0. The molecule has 0 heterocycles. The van der Waals surface area contributed by atoms with Crippen LogP contribution < -0.4 is 10.6 Å². The minimum Gasteiger partial charge on any atom is -0.382 e. The van der Waals surface area contributed by atoms with Crippen LogP contribution in [-0.2, 0) is 0 Å². The van der Waals surface area contributed by atoms with E-state index in [-0.39, 0.29) is 17.4 Å². The van der Waals surface area contributed by atoms with Gasteiger partial charge in [-0.1, -0.05) is 19.9 Å². The van der Waals surface area contributed by atoms with Crippen molar-refractivity contribution in [1.29, 1.82) is 0 Å². The molecule has 1 fully saturated rings. The zero-order valence-corrected chi connectivity index (χ0v) is 11.7. The summed E-state index contributed by atoms with van der Waals surface area (Å²) in [4.78, 5) is 12.1. The van der Waals surface area contributed by atoms with Crippen LogP contribution in [0.25, 0.3) is 0 Å². The van der Waals surface area contributed by atoms with Crippen LogP contribution in [0.3, 0.4) is 0 Å². The summed E-state index contributed by atoms with van der Waals surface area (Å²) in [6.07, 6.45) is 1.14. The summed E-state index contributed by atoms with van der Waals surface area (Å²) in [7, 11) is 0. The predicted octanol–water partition coefficient (Wildman–Crippen LogP) is 3.03. The molecule has 0 aromatic heterocycles. The van der Waals surface area contributed by atoms with E-state index in [9.17, 15) is 9.18 Å². The maximum absolute atomic E-state index is 13.7. The Hall–Kier alpha value is -1.58. The summed E-state index contributed by atoms with van der Waals surface area (Å²) in [5, 5.41) is 5.81. The second kappa shape index (κ2) is 5.19. The van der Waals surface area contributed by atoms with Gasteiger partial charge in [0.15, 0.2) is 0 Å². The lowest BCUT2D eigenvalue weighted by Gasteiger charge is -2.12. The fraction of sp³-hybridized carbons (Fsp3) is 0.533. The first kappa shape index (κ1) is 13.8. The predicted molar refractivity (Wildman–Crippen MR) is 74.8 cm³/mol. The van der Waals surface area contributed by atoms with E-state index in [0.717, 1.165) is 6.42 Å². The molecule has 1 saturated carbocycles. The molecule has 1 unspecified atom stereocenters. The van der Waals surface area contributed by atoms with Gasteiger partial charge in [-0.2, -0.15) is 0 Å². The van der Waals surface area contributed by atoms with E-state index in [2.05, 4.69) is 24.5 Å². The fourth-order valence-electron chi connectivity index (χ4n) is 2.31. The highest BCUT2D eigenvalue weighted by Gasteiger charge is 2.45. The first-order chi connectivity index (χ1) is 8.95. The summed E-state index contributed by atoms with van der Waals surface area (Å²) in [5.41, 5.74) is 0.998. The Balaban J connectivity index is 2.04. The van der Waals surface area contributed by atoms with Crippen LogP contribution in [0.2, 0.25) is 0 Å². The van der Waals surface area contributed by atoms with Crippen molar-refractivity contribution < 1.29 is 9.18 Å². The van der Waals surface area contributed by atoms with Crippen LogP contribution in [0.1, 0.15) is 37.6 Å². The van der Waals surface area contributed by atoms with Gasteiger partial charge in [-0.25, -0.2) is 4.39 Å². The first-order valence-electron chi connectivity index (χ1n) is 6.76. The van der Waals surface area contributed by atoms with Crippen molar-refractivity contribution in [3.63, 3.8) is 0 Å². The normalized spacial score (nSPS) is 19.9. The van der Waals surface area contributed by atoms with E-state index < -0.39 is 0 Å². The van der Waals surface area contributed by atoms with Crippen LogP contribution in [0.4, 0.5) is 10.1 Å². The van der Waals surface area contributed by atoms with Gasteiger partial charge in [0, 0.05) is 13.1 Å². The van der Waals surface area contributed by atoms with Crippen LogP contribution >= 0.6 is 0 Å². The lowest BCUT2D eigenvalue weighted by molar-refractivity contribution is 0.0951. The number of halogens is 1. The molecule has 0 saturated heterocycles. The third kappa shape index (κ3) is 3.06. The largest absolute Gasteiger partial charge is 0.382 e. The maximum atomic E-state index is 13.7. The Bertz CT molecular complexity index is 485. The van der Waals surface area contributed by atoms with Crippen molar-refractivity contribution >= 4 is 11.6 Å². The minimum atomic E-state index is -0.388. The Morgan fingerprint density at radius 3 is 2.74 bits per heavy atom. The van der Waals surface area contributed by atoms with Gasteiger partial charge in [0.2, 0.25) is 0 Å². The van der Waals surface area contributed by atoms with Crippen LogP contribution in [0.15, 0.2) is 18.2 Å². The molecule has 2 N–H and O–H groups in total. The van der Waals surface area contributed by atoms with Crippen molar-refractivity contribution in [3.05, 3.63) is 29.6 Å². The van der Waals surface area contributed by atoms with Crippen LogP contribution in [0.5, 0.6) is 0 Å². The van der Waals surface area contributed by atoms with E-state index in [1.54, 1.807) is 12.1 Å². The Morgan fingerprint density at radius 1 is 1.47 bits per heavy atom. The average Bonchev–Trinajstić information content (AvgIpc) is 2.97. The molecule has 1 aromatic rings. The molecule has 1 aliphatic rings. The minimum absolute atomic E-state index is 0.210. The number of rotatable bonds is 5. The van der Waals surface area contributed by atoms with Crippen molar-refractivity contribution in [2.75, 3.05) is 18.4 Å². The monoisotopic (exact) mass is 264 g/mol. The van der Waals surface area contributed by atoms with Gasteiger partial charge >= 0.3 is 0 Å². The van der Waals surface area contributed by atoms with Crippen molar-refractivity contribution in [3.8, 4) is 0 Å². The highest BCUT2D eigenvalue weighted by molar-refractivity contribution is 5.99. The van der Waals surface area contributed by atoms with Gasteiger partial charge < -0.3 is 10.6 Å². The molecular weight excluding hydrogens is 243 g/mol. The third-order valence-electron chi connectivity index (χ3n) is 3.84. The number of amides is 1. The number of anilines is 1. The second-order valence-electron chi connectivity index (χ2n) is 5.79. The summed E-state index contributed by atoms with van der Waals surface area (Å²) < 4.78 is 13.7.